The molecule has 0 aromatic carbocycles. The molecule has 0 amide bonds. The SMILES string of the molecule is CC/C=C\C/C=C\C/C=C\C/C=C\C/C=C\C/C=C\C/C=C\CCCCOCC(CO)OC(=O)CCCCCCC. The summed E-state index contributed by atoms with van der Waals surface area (Å²) in [6.07, 6.45) is 46.5. The Morgan fingerprint density at radius 2 is 1.10 bits per heavy atom. The van der Waals surface area contributed by atoms with E-state index in [0.717, 1.165) is 83.5 Å². The van der Waals surface area contributed by atoms with Crippen LogP contribution in [-0.4, -0.2) is 37.0 Å². The number of hydrogen-bond donors (Lipinski definition) is 1. The summed E-state index contributed by atoms with van der Waals surface area (Å²) in [4.78, 5) is 11.9. The van der Waals surface area contributed by atoms with Gasteiger partial charge >= 0.3 is 5.97 Å². The van der Waals surface area contributed by atoms with Crippen LogP contribution in [0.15, 0.2) is 85.1 Å². The van der Waals surface area contributed by atoms with Crippen molar-refractivity contribution in [2.24, 2.45) is 0 Å². The van der Waals surface area contributed by atoms with E-state index in [-0.39, 0.29) is 19.2 Å². The van der Waals surface area contributed by atoms with Crippen LogP contribution < -0.4 is 0 Å². The normalized spacial score (nSPS) is 13.5. The standard InChI is InChI=1S/C37H60O4/c1-3-5-7-9-10-11-12-13-14-15-16-17-18-19-20-21-22-23-24-25-26-27-29-31-33-40-35-36(34-38)41-37(39)32-30-28-8-6-4-2/h5,7,10-11,13-14,16-17,19-20,22-23,25-26,36,38H,3-4,6,8-9,12,15,18,21,24,27-35H2,1-2H3/b7-5-,11-10-,14-13-,17-16-,20-19-,23-22-,26-25-. The van der Waals surface area contributed by atoms with Gasteiger partial charge in [0.25, 0.3) is 0 Å². The average molecular weight is 569 g/mol. The molecule has 0 aromatic rings. The summed E-state index contributed by atoms with van der Waals surface area (Å²) in [7, 11) is 0. The van der Waals surface area contributed by atoms with Gasteiger partial charge in [0.15, 0.2) is 0 Å². The molecule has 0 saturated carbocycles. The fraction of sp³-hybridized carbons (Fsp3) is 0.595. The highest BCUT2D eigenvalue weighted by molar-refractivity contribution is 5.69. The van der Waals surface area contributed by atoms with Crippen LogP contribution in [0.3, 0.4) is 0 Å². The van der Waals surface area contributed by atoms with E-state index in [9.17, 15) is 9.90 Å². The molecule has 1 N–H and O–H groups in total. The number of esters is 1. The molecular formula is C37H60O4. The van der Waals surface area contributed by atoms with Crippen molar-refractivity contribution in [2.75, 3.05) is 19.8 Å². The lowest BCUT2D eigenvalue weighted by atomic mass is 10.1. The van der Waals surface area contributed by atoms with Gasteiger partial charge in [0, 0.05) is 13.0 Å². The van der Waals surface area contributed by atoms with Gasteiger partial charge in [-0.1, -0.05) is 125 Å². The van der Waals surface area contributed by atoms with E-state index >= 15 is 0 Å². The van der Waals surface area contributed by atoms with Gasteiger partial charge in [-0.15, -0.1) is 0 Å². The third-order valence-electron chi connectivity index (χ3n) is 6.23. The molecule has 0 spiro atoms. The second-order valence-corrected chi connectivity index (χ2v) is 10.2. The first-order chi connectivity index (χ1) is 20.2. The van der Waals surface area contributed by atoms with Crippen LogP contribution in [0.1, 0.15) is 117 Å². The molecule has 0 fully saturated rings. The minimum absolute atomic E-state index is 0.196. The maximum Gasteiger partial charge on any atom is 0.306 e. The third-order valence-corrected chi connectivity index (χ3v) is 6.23. The molecule has 4 nitrogen and oxygen atoms in total. The molecule has 0 radical (unpaired) electrons. The van der Waals surface area contributed by atoms with Crippen LogP contribution >= 0.6 is 0 Å². The highest BCUT2D eigenvalue weighted by Crippen LogP contribution is 2.07. The molecule has 0 aromatic heterocycles. The predicted octanol–water partition coefficient (Wildman–Crippen LogP) is 10.1. The van der Waals surface area contributed by atoms with E-state index in [2.05, 4.69) is 98.9 Å². The molecule has 41 heavy (non-hydrogen) atoms. The van der Waals surface area contributed by atoms with Crippen molar-refractivity contribution in [3.05, 3.63) is 85.1 Å². The van der Waals surface area contributed by atoms with E-state index in [1.165, 1.54) is 12.8 Å². The van der Waals surface area contributed by atoms with Gasteiger partial charge in [-0.2, -0.15) is 0 Å². The van der Waals surface area contributed by atoms with Crippen molar-refractivity contribution < 1.29 is 19.4 Å². The Bertz CT molecular complexity index is 770. The van der Waals surface area contributed by atoms with Gasteiger partial charge in [0.05, 0.1) is 13.2 Å². The zero-order chi connectivity index (χ0) is 29.9. The molecule has 1 atom stereocenters. The van der Waals surface area contributed by atoms with Gasteiger partial charge in [-0.3, -0.25) is 4.79 Å². The first-order valence-corrected chi connectivity index (χ1v) is 16.2. The number of aliphatic hydroxyl groups is 1. The molecule has 0 rings (SSSR count). The summed E-state index contributed by atoms with van der Waals surface area (Å²) >= 11 is 0. The predicted molar refractivity (Wildman–Crippen MR) is 177 cm³/mol. The molecule has 0 aliphatic rings. The zero-order valence-corrected chi connectivity index (χ0v) is 26.3. The summed E-state index contributed by atoms with van der Waals surface area (Å²) in [6, 6.07) is 0. The molecular weight excluding hydrogens is 508 g/mol. The van der Waals surface area contributed by atoms with Crippen LogP contribution in [0, 0.1) is 0 Å². The van der Waals surface area contributed by atoms with Crippen LogP contribution in [0.2, 0.25) is 0 Å². The Morgan fingerprint density at radius 3 is 1.59 bits per heavy atom. The van der Waals surface area contributed by atoms with Crippen LogP contribution in [-0.2, 0) is 14.3 Å². The largest absolute Gasteiger partial charge is 0.457 e. The summed E-state index contributed by atoms with van der Waals surface area (Å²) in [5.74, 6) is -0.235. The Kier molecular flexibility index (Phi) is 31.8. The third kappa shape index (κ3) is 32.0. The monoisotopic (exact) mass is 568 g/mol. The van der Waals surface area contributed by atoms with Crippen LogP contribution in [0.4, 0.5) is 0 Å². The first kappa shape index (κ1) is 38.6. The lowest BCUT2D eigenvalue weighted by Gasteiger charge is -2.15. The van der Waals surface area contributed by atoms with Crippen LogP contribution in [0.5, 0.6) is 0 Å². The van der Waals surface area contributed by atoms with Crippen molar-refractivity contribution >= 4 is 5.97 Å². The highest BCUT2D eigenvalue weighted by Gasteiger charge is 2.13. The number of unbranched alkanes of at least 4 members (excludes halogenated alkanes) is 6. The Morgan fingerprint density at radius 1 is 0.610 bits per heavy atom. The van der Waals surface area contributed by atoms with Gasteiger partial charge in [-0.25, -0.2) is 0 Å². The maximum atomic E-state index is 11.9. The second kappa shape index (κ2) is 33.8. The average Bonchev–Trinajstić information content (AvgIpc) is 2.98. The van der Waals surface area contributed by atoms with Crippen molar-refractivity contribution in [1.29, 1.82) is 0 Å². The van der Waals surface area contributed by atoms with E-state index in [1.54, 1.807) is 0 Å². The topological polar surface area (TPSA) is 55.8 Å². The fourth-order valence-electron chi connectivity index (χ4n) is 3.83. The number of carbonyl (C=O) groups excluding carboxylic acids is 1. The Balaban J connectivity index is 3.62. The first-order valence-electron chi connectivity index (χ1n) is 16.2. The second-order valence-electron chi connectivity index (χ2n) is 10.2. The number of allylic oxidation sites excluding steroid dienone is 14. The zero-order valence-electron chi connectivity index (χ0n) is 26.3. The molecule has 0 aliphatic heterocycles. The minimum Gasteiger partial charge on any atom is -0.457 e. The summed E-state index contributed by atoms with van der Waals surface area (Å²) in [5.41, 5.74) is 0. The van der Waals surface area contributed by atoms with E-state index in [0.29, 0.717) is 13.0 Å². The molecule has 232 valence electrons. The molecule has 0 bridgehead atoms. The molecule has 0 saturated heterocycles. The van der Waals surface area contributed by atoms with Crippen molar-refractivity contribution in [3.8, 4) is 0 Å². The summed E-state index contributed by atoms with van der Waals surface area (Å²) in [5, 5.41) is 9.43. The molecule has 0 aliphatic carbocycles. The number of rotatable bonds is 28. The minimum atomic E-state index is -0.556. The highest BCUT2D eigenvalue weighted by atomic mass is 16.6. The van der Waals surface area contributed by atoms with E-state index in [4.69, 9.17) is 9.47 Å². The van der Waals surface area contributed by atoms with Gasteiger partial charge in [0.2, 0.25) is 0 Å². The van der Waals surface area contributed by atoms with Gasteiger partial charge in [-0.05, 0) is 70.6 Å². The van der Waals surface area contributed by atoms with Crippen molar-refractivity contribution in [1.82, 2.24) is 0 Å². The Hall–Kier alpha value is -2.43. The van der Waals surface area contributed by atoms with Gasteiger partial charge < -0.3 is 14.6 Å². The fourth-order valence-corrected chi connectivity index (χ4v) is 3.83. The Labute approximate surface area is 252 Å². The van der Waals surface area contributed by atoms with Crippen molar-refractivity contribution in [3.63, 3.8) is 0 Å². The number of carbonyl (C=O) groups is 1. The molecule has 0 heterocycles. The lowest BCUT2D eigenvalue weighted by molar-refractivity contribution is -0.154. The number of ether oxygens (including phenoxy) is 2. The maximum absolute atomic E-state index is 11.9. The van der Waals surface area contributed by atoms with E-state index < -0.39 is 6.10 Å². The lowest BCUT2D eigenvalue weighted by Crippen LogP contribution is -2.27. The quantitative estimate of drug-likeness (QED) is 0.0579. The van der Waals surface area contributed by atoms with Gasteiger partial charge in [0.1, 0.15) is 6.10 Å². The van der Waals surface area contributed by atoms with Crippen molar-refractivity contribution in [2.45, 2.75) is 123 Å². The van der Waals surface area contributed by atoms with Crippen LogP contribution in [0.25, 0.3) is 0 Å². The number of aliphatic hydroxyl groups excluding tert-OH is 1. The summed E-state index contributed by atoms with van der Waals surface area (Å²) < 4.78 is 10.9. The smallest absolute Gasteiger partial charge is 0.306 e. The number of hydrogen-bond acceptors (Lipinski definition) is 4. The molecule has 4 heteroatoms. The summed E-state index contributed by atoms with van der Waals surface area (Å²) in [6.45, 7) is 5.01. The molecule has 1 unspecified atom stereocenters. The van der Waals surface area contributed by atoms with E-state index in [1.807, 2.05) is 0 Å².